The van der Waals surface area contributed by atoms with Crippen LogP contribution in [0.3, 0.4) is 0 Å². The Morgan fingerprint density at radius 2 is 1.88 bits per heavy atom. The molecule has 16 heavy (non-hydrogen) atoms. The van der Waals surface area contributed by atoms with Crippen molar-refractivity contribution >= 4 is 40.0 Å². The summed E-state index contributed by atoms with van der Waals surface area (Å²) in [7, 11) is 0. The highest BCUT2D eigenvalue weighted by atomic mass is 32.2. The van der Waals surface area contributed by atoms with Crippen molar-refractivity contribution in [2.45, 2.75) is 9.10 Å². The zero-order valence-corrected chi connectivity index (χ0v) is 11.0. The summed E-state index contributed by atoms with van der Waals surface area (Å²) in [4.78, 5) is 1.05. The van der Waals surface area contributed by atoms with E-state index in [2.05, 4.69) is 10.8 Å². The van der Waals surface area contributed by atoms with Gasteiger partial charge in [0, 0.05) is 11.2 Å². The van der Waals surface area contributed by atoms with E-state index in [1.165, 1.54) is 16.3 Å². The number of halogens is 1. The second-order valence-electron chi connectivity index (χ2n) is 2.98. The molecule has 0 aliphatic carbocycles. The molecule has 1 aromatic heterocycles. The average molecular weight is 271 g/mol. The highest BCUT2D eigenvalue weighted by Crippen LogP contribution is 2.36. The van der Waals surface area contributed by atoms with E-state index in [-0.39, 0.29) is 5.82 Å². The third-order valence-electron chi connectivity index (χ3n) is 1.82. The van der Waals surface area contributed by atoms with Crippen molar-refractivity contribution in [1.29, 1.82) is 0 Å². The van der Waals surface area contributed by atoms with Crippen LogP contribution in [0, 0.1) is 5.82 Å². The van der Waals surface area contributed by atoms with E-state index in [9.17, 15) is 4.39 Å². The van der Waals surface area contributed by atoms with Gasteiger partial charge in [0.15, 0.2) is 0 Å². The summed E-state index contributed by atoms with van der Waals surface area (Å²) >= 11 is 4.92. The molecule has 0 aliphatic heterocycles. The Labute approximate surface area is 107 Å². The molecule has 0 fully saturated rings. The molecule has 1 heterocycles. The van der Waals surface area contributed by atoms with Crippen molar-refractivity contribution < 1.29 is 4.39 Å². The van der Waals surface area contributed by atoms with Crippen LogP contribution >= 0.6 is 35.0 Å². The van der Waals surface area contributed by atoms with Gasteiger partial charge in [0.25, 0.3) is 0 Å². The number of hydrogen-bond donors (Lipinski definition) is 1. The van der Waals surface area contributed by atoms with Crippen LogP contribution in [-0.2, 0) is 0 Å². The summed E-state index contributed by atoms with van der Waals surface area (Å²) in [5.41, 5.74) is 0. The highest BCUT2D eigenvalue weighted by Gasteiger charge is 2.02. The topological polar surface area (TPSA) is 12.0 Å². The summed E-state index contributed by atoms with van der Waals surface area (Å²) in [6, 6.07) is 10.7. The Morgan fingerprint density at radius 3 is 2.56 bits per heavy atom. The third kappa shape index (κ3) is 3.17. The Morgan fingerprint density at radius 1 is 1.12 bits per heavy atom. The van der Waals surface area contributed by atoms with Crippen LogP contribution in [0.1, 0.15) is 0 Å². The first-order valence-electron chi connectivity index (χ1n) is 4.60. The quantitative estimate of drug-likeness (QED) is 0.807. The van der Waals surface area contributed by atoms with Crippen LogP contribution in [0.15, 0.2) is 45.5 Å². The maximum Gasteiger partial charge on any atom is 0.123 e. The summed E-state index contributed by atoms with van der Waals surface area (Å²) in [6.45, 7) is 0. The van der Waals surface area contributed by atoms with Gasteiger partial charge in [0.2, 0.25) is 0 Å². The minimum Gasteiger partial charge on any atom is -0.322 e. The van der Waals surface area contributed by atoms with Gasteiger partial charge in [-0.1, -0.05) is 23.7 Å². The molecular weight excluding hydrogens is 261 g/mol. The molecule has 0 radical (unpaired) electrons. The molecule has 0 spiro atoms. The molecule has 0 saturated carbocycles. The monoisotopic (exact) mass is 271 g/mol. The first-order valence-corrected chi connectivity index (χ1v) is 7.46. The number of anilines is 1. The predicted octanol–water partition coefficient (Wildman–Crippen LogP) is 4.73. The molecule has 0 unspecified atom stereocenters. The van der Waals surface area contributed by atoms with E-state index in [0.29, 0.717) is 0 Å². The van der Waals surface area contributed by atoms with Crippen LogP contribution in [0.4, 0.5) is 9.39 Å². The number of thiophene rings is 1. The Balaban J connectivity index is 2.05. The Kier molecular flexibility index (Phi) is 4.15. The van der Waals surface area contributed by atoms with Gasteiger partial charge >= 0.3 is 0 Å². The molecule has 1 N–H and O–H groups in total. The zero-order chi connectivity index (χ0) is 11.4. The van der Waals surface area contributed by atoms with Gasteiger partial charge in [-0.05, 0) is 36.4 Å². The van der Waals surface area contributed by atoms with Crippen molar-refractivity contribution in [3.05, 3.63) is 42.2 Å². The smallest absolute Gasteiger partial charge is 0.123 e. The van der Waals surface area contributed by atoms with Gasteiger partial charge < -0.3 is 4.72 Å². The minimum atomic E-state index is -0.194. The van der Waals surface area contributed by atoms with Crippen LogP contribution in [-0.4, -0.2) is 6.26 Å². The Bertz CT molecular complexity index is 453. The van der Waals surface area contributed by atoms with Crippen molar-refractivity contribution in [2.24, 2.45) is 0 Å². The van der Waals surface area contributed by atoms with Gasteiger partial charge in [-0.25, -0.2) is 4.39 Å². The van der Waals surface area contributed by atoms with E-state index >= 15 is 0 Å². The summed E-state index contributed by atoms with van der Waals surface area (Å²) in [6.07, 6.45) is 1.99. The van der Waals surface area contributed by atoms with Gasteiger partial charge in [-0.3, -0.25) is 0 Å². The highest BCUT2D eigenvalue weighted by molar-refractivity contribution is 8.01. The lowest BCUT2D eigenvalue weighted by molar-refractivity contribution is 0.626. The average Bonchev–Trinajstić information content (AvgIpc) is 2.70. The molecule has 1 nitrogen and oxygen atoms in total. The van der Waals surface area contributed by atoms with Crippen molar-refractivity contribution in [2.75, 3.05) is 11.0 Å². The standard InChI is InChI=1S/C11H10FNS3/c1-14-13-10-6-7-11(16-10)15-9-4-2-8(12)3-5-9/h2-7,13H,1H3. The van der Waals surface area contributed by atoms with E-state index in [1.807, 2.05) is 12.3 Å². The summed E-state index contributed by atoms with van der Waals surface area (Å²) < 4.78 is 17.1. The molecule has 2 aromatic rings. The van der Waals surface area contributed by atoms with E-state index < -0.39 is 0 Å². The summed E-state index contributed by atoms with van der Waals surface area (Å²) in [5, 5.41) is 1.14. The molecular formula is C11H10FNS3. The van der Waals surface area contributed by atoms with Gasteiger partial charge in [-0.2, -0.15) is 0 Å². The lowest BCUT2D eigenvalue weighted by Gasteiger charge is -1.98. The van der Waals surface area contributed by atoms with Crippen molar-refractivity contribution in [3.63, 3.8) is 0 Å². The fourth-order valence-corrected chi connectivity index (χ4v) is 3.69. The first kappa shape index (κ1) is 11.8. The number of rotatable bonds is 4. The maximum atomic E-state index is 12.7. The van der Waals surface area contributed by atoms with Gasteiger partial charge in [-0.15, -0.1) is 11.3 Å². The third-order valence-corrected chi connectivity index (χ3v) is 4.51. The molecule has 0 atom stereocenters. The molecule has 0 saturated heterocycles. The van der Waals surface area contributed by atoms with Crippen LogP contribution in [0.5, 0.6) is 0 Å². The number of benzene rings is 1. The molecule has 5 heteroatoms. The largest absolute Gasteiger partial charge is 0.322 e. The van der Waals surface area contributed by atoms with Crippen molar-refractivity contribution in [3.8, 4) is 0 Å². The molecule has 0 bridgehead atoms. The van der Waals surface area contributed by atoms with Gasteiger partial charge in [0.05, 0.1) is 9.21 Å². The summed E-state index contributed by atoms with van der Waals surface area (Å²) in [5.74, 6) is -0.194. The van der Waals surface area contributed by atoms with Gasteiger partial charge in [0.1, 0.15) is 5.82 Å². The van der Waals surface area contributed by atoms with E-state index in [4.69, 9.17) is 0 Å². The van der Waals surface area contributed by atoms with Crippen LogP contribution in [0.2, 0.25) is 0 Å². The van der Waals surface area contributed by atoms with Crippen LogP contribution in [0.25, 0.3) is 0 Å². The fourth-order valence-electron chi connectivity index (χ4n) is 1.15. The molecule has 0 amide bonds. The van der Waals surface area contributed by atoms with Crippen molar-refractivity contribution in [1.82, 2.24) is 0 Å². The zero-order valence-electron chi connectivity index (χ0n) is 8.57. The Hall–Kier alpha value is -0.650. The molecule has 2 rings (SSSR count). The molecule has 0 aliphatic rings. The minimum absolute atomic E-state index is 0.194. The van der Waals surface area contributed by atoms with E-state index in [0.717, 1.165) is 9.90 Å². The first-order chi connectivity index (χ1) is 7.78. The lowest BCUT2D eigenvalue weighted by atomic mass is 10.4. The van der Waals surface area contributed by atoms with E-state index in [1.54, 1.807) is 47.2 Å². The fraction of sp³-hybridized carbons (Fsp3) is 0.0909. The lowest BCUT2D eigenvalue weighted by Crippen LogP contribution is -1.76. The SMILES string of the molecule is CSNc1ccc(Sc2ccc(F)cc2)s1. The van der Waals surface area contributed by atoms with Crippen LogP contribution < -0.4 is 4.72 Å². The maximum absolute atomic E-state index is 12.7. The second-order valence-corrected chi connectivity index (χ2v) is 6.05. The number of nitrogens with one attached hydrogen (secondary N) is 1. The predicted molar refractivity (Wildman–Crippen MR) is 72.0 cm³/mol. The number of hydrogen-bond acceptors (Lipinski definition) is 4. The normalized spacial score (nSPS) is 10.4. The second kappa shape index (κ2) is 5.61. The molecule has 1 aromatic carbocycles. The molecule has 84 valence electrons.